The standard InChI is InChI=1S/C14H12FNO2S/c1-19-13-5-3-9(14(16)18)6-10(13)8-2-4-11(15)12(17)7-8/h2-7,17H,1H3,(H2,16,18). The van der Waals surface area contributed by atoms with Gasteiger partial charge in [-0.05, 0) is 47.7 Å². The third kappa shape index (κ3) is 2.71. The van der Waals surface area contributed by atoms with Crippen molar-refractivity contribution in [2.45, 2.75) is 4.90 Å². The monoisotopic (exact) mass is 277 g/mol. The number of carbonyl (C=O) groups excluding carboxylic acids is 1. The van der Waals surface area contributed by atoms with Gasteiger partial charge >= 0.3 is 0 Å². The molecule has 5 heteroatoms. The van der Waals surface area contributed by atoms with Crippen LogP contribution in [0.1, 0.15) is 10.4 Å². The molecule has 0 atom stereocenters. The molecule has 0 spiro atoms. The summed E-state index contributed by atoms with van der Waals surface area (Å²) in [7, 11) is 0. The number of hydrogen-bond acceptors (Lipinski definition) is 3. The minimum Gasteiger partial charge on any atom is -0.505 e. The fourth-order valence-corrected chi connectivity index (χ4v) is 2.37. The van der Waals surface area contributed by atoms with Crippen LogP contribution in [0.5, 0.6) is 5.75 Å². The van der Waals surface area contributed by atoms with Crippen molar-refractivity contribution in [3.63, 3.8) is 0 Å². The molecule has 19 heavy (non-hydrogen) atoms. The Balaban J connectivity index is 2.61. The van der Waals surface area contributed by atoms with Gasteiger partial charge < -0.3 is 10.8 Å². The van der Waals surface area contributed by atoms with Crippen LogP contribution in [0.4, 0.5) is 4.39 Å². The molecule has 0 radical (unpaired) electrons. The van der Waals surface area contributed by atoms with Crippen LogP contribution in [0.2, 0.25) is 0 Å². The molecule has 2 aromatic carbocycles. The first kappa shape index (κ1) is 13.4. The average Bonchev–Trinajstić information content (AvgIpc) is 2.41. The molecule has 0 aliphatic rings. The van der Waals surface area contributed by atoms with Gasteiger partial charge in [-0.3, -0.25) is 4.79 Å². The molecule has 1 amide bonds. The molecular formula is C14H12FNO2S. The molecule has 3 N–H and O–H groups in total. The van der Waals surface area contributed by atoms with E-state index in [0.29, 0.717) is 11.1 Å². The van der Waals surface area contributed by atoms with E-state index < -0.39 is 17.5 Å². The molecule has 98 valence electrons. The zero-order valence-corrected chi connectivity index (χ0v) is 11.0. The first-order valence-electron chi connectivity index (χ1n) is 5.49. The van der Waals surface area contributed by atoms with E-state index in [0.717, 1.165) is 10.5 Å². The molecule has 0 unspecified atom stereocenters. The lowest BCUT2D eigenvalue weighted by Crippen LogP contribution is -2.10. The van der Waals surface area contributed by atoms with Gasteiger partial charge in [0.15, 0.2) is 11.6 Å². The summed E-state index contributed by atoms with van der Waals surface area (Å²) in [6.45, 7) is 0. The molecule has 0 fully saturated rings. The number of amides is 1. The molecule has 0 aromatic heterocycles. The van der Waals surface area contributed by atoms with E-state index in [1.54, 1.807) is 24.3 Å². The van der Waals surface area contributed by atoms with Gasteiger partial charge in [0, 0.05) is 10.5 Å². The lowest BCUT2D eigenvalue weighted by molar-refractivity contribution is 0.100. The zero-order chi connectivity index (χ0) is 14.0. The second kappa shape index (κ2) is 5.32. The van der Waals surface area contributed by atoms with Crippen molar-refractivity contribution in [2.24, 2.45) is 5.73 Å². The van der Waals surface area contributed by atoms with Gasteiger partial charge in [-0.1, -0.05) is 6.07 Å². The smallest absolute Gasteiger partial charge is 0.248 e. The maximum atomic E-state index is 13.1. The van der Waals surface area contributed by atoms with Crippen molar-refractivity contribution in [1.82, 2.24) is 0 Å². The topological polar surface area (TPSA) is 63.3 Å². The second-order valence-electron chi connectivity index (χ2n) is 3.95. The highest BCUT2D eigenvalue weighted by Crippen LogP contribution is 2.33. The molecule has 3 nitrogen and oxygen atoms in total. The summed E-state index contributed by atoms with van der Waals surface area (Å²) in [4.78, 5) is 12.1. The van der Waals surface area contributed by atoms with E-state index in [1.807, 2.05) is 6.26 Å². The van der Waals surface area contributed by atoms with Crippen LogP contribution in [-0.4, -0.2) is 17.3 Å². The third-order valence-corrected chi connectivity index (χ3v) is 3.54. The van der Waals surface area contributed by atoms with Gasteiger partial charge in [0.05, 0.1) is 0 Å². The summed E-state index contributed by atoms with van der Waals surface area (Å²) < 4.78 is 13.1. The molecule has 0 saturated carbocycles. The molecular weight excluding hydrogens is 265 g/mol. The summed E-state index contributed by atoms with van der Waals surface area (Å²) >= 11 is 1.49. The number of phenols is 1. The maximum absolute atomic E-state index is 13.1. The minimum atomic E-state index is -0.680. The van der Waals surface area contributed by atoms with Crippen LogP contribution in [-0.2, 0) is 0 Å². The molecule has 0 bridgehead atoms. The number of aromatic hydroxyl groups is 1. The quantitative estimate of drug-likeness (QED) is 0.848. The Morgan fingerprint density at radius 3 is 2.58 bits per heavy atom. The largest absolute Gasteiger partial charge is 0.505 e. The number of thioether (sulfide) groups is 1. The highest BCUT2D eigenvalue weighted by atomic mass is 32.2. The third-order valence-electron chi connectivity index (χ3n) is 2.74. The predicted octanol–water partition coefficient (Wildman–Crippen LogP) is 3.02. The number of rotatable bonds is 3. The Kier molecular flexibility index (Phi) is 3.76. The highest BCUT2D eigenvalue weighted by Gasteiger charge is 2.10. The number of carbonyl (C=O) groups is 1. The van der Waals surface area contributed by atoms with E-state index >= 15 is 0 Å². The van der Waals surface area contributed by atoms with Crippen LogP contribution in [0, 0.1) is 5.82 Å². The summed E-state index contributed by atoms with van der Waals surface area (Å²) in [6, 6.07) is 9.12. The lowest BCUT2D eigenvalue weighted by Gasteiger charge is -2.10. The fraction of sp³-hybridized carbons (Fsp3) is 0.0714. The van der Waals surface area contributed by atoms with E-state index in [2.05, 4.69) is 0 Å². The maximum Gasteiger partial charge on any atom is 0.248 e. The van der Waals surface area contributed by atoms with Crippen LogP contribution < -0.4 is 5.73 Å². The number of hydrogen-bond donors (Lipinski definition) is 2. The van der Waals surface area contributed by atoms with Crippen molar-refractivity contribution in [1.29, 1.82) is 0 Å². The average molecular weight is 277 g/mol. The molecule has 0 saturated heterocycles. The first-order chi connectivity index (χ1) is 9.02. The minimum absolute atomic E-state index is 0.372. The summed E-state index contributed by atoms with van der Waals surface area (Å²) in [5, 5.41) is 9.43. The van der Waals surface area contributed by atoms with E-state index in [9.17, 15) is 14.3 Å². The van der Waals surface area contributed by atoms with E-state index in [1.165, 1.54) is 23.9 Å². The van der Waals surface area contributed by atoms with E-state index in [4.69, 9.17) is 5.73 Å². The molecule has 0 aliphatic carbocycles. The highest BCUT2D eigenvalue weighted by molar-refractivity contribution is 7.98. The molecule has 2 aromatic rings. The van der Waals surface area contributed by atoms with Gasteiger partial charge in [-0.25, -0.2) is 4.39 Å². The van der Waals surface area contributed by atoms with Gasteiger partial charge in [-0.15, -0.1) is 11.8 Å². The lowest BCUT2D eigenvalue weighted by atomic mass is 10.0. The van der Waals surface area contributed by atoms with Gasteiger partial charge in [0.1, 0.15) is 0 Å². The Morgan fingerprint density at radius 1 is 1.26 bits per heavy atom. The zero-order valence-electron chi connectivity index (χ0n) is 10.2. The molecule has 0 heterocycles. The Morgan fingerprint density at radius 2 is 2.00 bits per heavy atom. The second-order valence-corrected chi connectivity index (χ2v) is 4.79. The van der Waals surface area contributed by atoms with Crippen molar-refractivity contribution in [3.8, 4) is 16.9 Å². The number of primary amides is 1. The van der Waals surface area contributed by atoms with Gasteiger partial charge in [0.2, 0.25) is 5.91 Å². The predicted molar refractivity (Wildman–Crippen MR) is 73.8 cm³/mol. The Labute approximate surface area is 114 Å². The Hall–Kier alpha value is -2.01. The van der Waals surface area contributed by atoms with Crippen molar-refractivity contribution < 1.29 is 14.3 Å². The number of benzene rings is 2. The summed E-state index contributed by atoms with van der Waals surface area (Å²) in [5.74, 6) is -1.63. The summed E-state index contributed by atoms with van der Waals surface area (Å²) in [6.07, 6.45) is 1.89. The SMILES string of the molecule is CSc1ccc(C(N)=O)cc1-c1ccc(F)c(O)c1. The van der Waals surface area contributed by atoms with Crippen LogP contribution in [0.15, 0.2) is 41.3 Å². The first-order valence-corrected chi connectivity index (χ1v) is 6.72. The Bertz CT molecular complexity index is 643. The van der Waals surface area contributed by atoms with Crippen LogP contribution >= 0.6 is 11.8 Å². The summed E-state index contributed by atoms with van der Waals surface area (Å²) in [5.41, 5.74) is 6.99. The van der Waals surface area contributed by atoms with Gasteiger partial charge in [-0.2, -0.15) is 0 Å². The van der Waals surface area contributed by atoms with Crippen LogP contribution in [0.3, 0.4) is 0 Å². The van der Waals surface area contributed by atoms with Crippen molar-refractivity contribution in [3.05, 3.63) is 47.8 Å². The molecule has 0 aliphatic heterocycles. The number of phenolic OH excluding ortho intramolecular Hbond substituents is 1. The van der Waals surface area contributed by atoms with E-state index in [-0.39, 0.29) is 0 Å². The van der Waals surface area contributed by atoms with Crippen molar-refractivity contribution in [2.75, 3.05) is 6.26 Å². The van der Waals surface area contributed by atoms with Crippen molar-refractivity contribution >= 4 is 17.7 Å². The number of halogens is 1. The fourth-order valence-electron chi connectivity index (χ4n) is 1.77. The normalized spacial score (nSPS) is 10.4. The van der Waals surface area contributed by atoms with Gasteiger partial charge in [0.25, 0.3) is 0 Å². The van der Waals surface area contributed by atoms with Crippen LogP contribution in [0.25, 0.3) is 11.1 Å². The molecule has 2 rings (SSSR count). The number of nitrogens with two attached hydrogens (primary N) is 1.